The van der Waals surface area contributed by atoms with Gasteiger partial charge in [0.05, 0.1) is 54.4 Å². The van der Waals surface area contributed by atoms with E-state index in [1.807, 2.05) is 110 Å². The number of carbonyl (C=O) groups excluding carboxylic acids is 6. The molecule has 3 saturated heterocycles. The van der Waals surface area contributed by atoms with Crippen molar-refractivity contribution in [3.05, 3.63) is 266 Å². The van der Waals surface area contributed by atoms with Gasteiger partial charge in [0.25, 0.3) is 11.8 Å². The van der Waals surface area contributed by atoms with Gasteiger partial charge in [0.15, 0.2) is 17.0 Å². The summed E-state index contributed by atoms with van der Waals surface area (Å²) in [6, 6.07) is 44.6. The molecule has 0 aliphatic carbocycles. The minimum atomic E-state index is -1.11. The first kappa shape index (κ1) is 92.4. The number of anilines is 3. The molecule has 5 aromatic carbocycles. The fourth-order valence-electron chi connectivity index (χ4n) is 18.5. The summed E-state index contributed by atoms with van der Waals surface area (Å²) in [6.45, 7) is 8.99. The average Bonchev–Trinajstić information content (AvgIpc) is 1.64. The van der Waals surface area contributed by atoms with Crippen molar-refractivity contribution in [2.45, 2.75) is 63.1 Å². The Morgan fingerprint density at radius 2 is 0.883 bits per heavy atom. The van der Waals surface area contributed by atoms with E-state index in [4.69, 9.17) is 14.2 Å². The molecule has 3 atom stereocenters. The molecule has 9 aromatic heterocycles. The quantitative estimate of drug-likeness (QED) is 0.0289. The minimum Gasteiger partial charge on any atom is -0.384 e. The second kappa shape index (κ2) is 41.0. The Morgan fingerprint density at radius 3 is 1.35 bits per heavy atom. The van der Waals surface area contributed by atoms with Gasteiger partial charge in [-0.05, 0) is 195 Å². The predicted octanol–water partition coefficient (Wildman–Crippen LogP) is 12.6. The number of likely N-dealkylation sites (tertiary alicyclic amines) is 3. The van der Waals surface area contributed by atoms with Gasteiger partial charge in [0, 0.05) is 210 Å². The molecule has 20 rings (SSSR count). The number of pyridine rings is 3. The Morgan fingerprint density at radius 1 is 0.423 bits per heavy atom. The largest absolute Gasteiger partial charge is 0.384 e. The van der Waals surface area contributed by atoms with E-state index in [0.717, 1.165) is 102 Å². The highest BCUT2D eigenvalue weighted by Crippen LogP contribution is 2.39. The zero-order valence-corrected chi connectivity index (χ0v) is 76.0. The summed E-state index contributed by atoms with van der Waals surface area (Å²) in [4.78, 5) is 121. The second-order valence-corrected chi connectivity index (χ2v) is 34.8. The lowest BCUT2D eigenvalue weighted by atomic mass is 9.87. The van der Waals surface area contributed by atoms with Crippen LogP contribution < -0.4 is 16.0 Å². The molecule has 3 fully saturated rings. The number of H-pyrrole nitrogens is 3. The lowest BCUT2D eigenvalue weighted by Crippen LogP contribution is -2.48. The zero-order chi connectivity index (χ0) is 94.7. The minimum absolute atomic E-state index is 0.0231. The smallest absolute Gasteiger partial charge is 0.258 e. The van der Waals surface area contributed by atoms with Gasteiger partial charge in [0.1, 0.15) is 22.9 Å². The number of nitrogens with one attached hydrogen (secondary N) is 6. The number of aromatic amines is 3. The van der Waals surface area contributed by atoms with Crippen LogP contribution in [0, 0.1) is 23.1 Å². The summed E-state index contributed by atoms with van der Waals surface area (Å²) in [5.74, 6) is -0.861. The average molecular weight is 1850 g/mol. The van der Waals surface area contributed by atoms with Crippen molar-refractivity contribution in [3.8, 4) is 51.1 Å². The van der Waals surface area contributed by atoms with Crippen molar-refractivity contribution >= 4 is 102 Å². The Hall–Kier alpha value is -15.1. The van der Waals surface area contributed by atoms with Crippen molar-refractivity contribution in [2.24, 2.45) is 5.41 Å². The van der Waals surface area contributed by atoms with Crippen LogP contribution in [0.3, 0.4) is 0 Å². The lowest BCUT2D eigenvalue weighted by Gasteiger charge is -2.30. The Labute approximate surface area is 786 Å². The highest BCUT2D eigenvalue weighted by molar-refractivity contribution is 6.04. The van der Waals surface area contributed by atoms with E-state index in [2.05, 4.69) is 118 Å². The number of benzene rings is 5. The Balaban J connectivity index is 0.000000137. The van der Waals surface area contributed by atoms with Crippen LogP contribution in [0.4, 0.5) is 30.2 Å². The number of hydrogen-bond acceptors (Lipinski definition) is 23. The van der Waals surface area contributed by atoms with Crippen molar-refractivity contribution in [3.63, 3.8) is 0 Å². The Bertz CT molecular complexity index is 6880. The number of carbonyl (C=O) groups is 6. The van der Waals surface area contributed by atoms with Gasteiger partial charge in [0.2, 0.25) is 41.5 Å². The van der Waals surface area contributed by atoms with Crippen molar-refractivity contribution in [1.29, 1.82) is 0 Å². The third-order valence-corrected chi connectivity index (χ3v) is 26.2. The highest BCUT2D eigenvalue weighted by atomic mass is 19.1. The fraction of sp³-hybridized carbons (Fsp3) is 0.297. The molecular formula is C101H101F3N24O9. The normalized spacial score (nSPS) is 18.6. The van der Waals surface area contributed by atoms with E-state index in [-0.39, 0.29) is 74.0 Å². The van der Waals surface area contributed by atoms with Crippen LogP contribution in [-0.4, -0.2) is 277 Å². The van der Waals surface area contributed by atoms with E-state index >= 15 is 0 Å². The summed E-state index contributed by atoms with van der Waals surface area (Å²) in [5.41, 5.74) is 13.8. The van der Waals surface area contributed by atoms with E-state index in [9.17, 15) is 41.9 Å². The molecule has 6 N–H and O–H groups in total. The summed E-state index contributed by atoms with van der Waals surface area (Å²) in [5, 5.41) is 38.2. The molecule has 0 saturated carbocycles. The number of ether oxygens (including phenoxy) is 3. The molecule has 0 unspecified atom stereocenters. The summed E-state index contributed by atoms with van der Waals surface area (Å²) in [6.07, 6.45) is 25.8. The number of fused-ring (bicyclic) bond motifs is 3. The predicted molar refractivity (Wildman–Crippen MR) is 511 cm³/mol. The first-order valence-electron chi connectivity index (χ1n) is 45.4. The van der Waals surface area contributed by atoms with Gasteiger partial charge >= 0.3 is 0 Å². The van der Waals surface area contributed by atoms with E-state index < -0.39 is 28.5 Å². The summed E-state index contributed by atoms with van der Waals surface area (Å²) in [7, 11) is 4.65. The van der Waals surface area contributed by atoms with Crippen LogP contribution in [0.5, 0.6) is 0 Å². The van der Waals surface area contributed by atoms with Crippen LogP contribution >= 0.6 is 0 Å². The monoisotopic (exact) mass is 1850 g/mol. The maximum atomic E-state index is 13.8. The molecule has 0 radical (unpaired) electrons. The molecular weight excluding hydrogens is 1750 g/mol. The van der Waals surface area contributed by atoms with Crippen LogP contribution in [0.25, 0.3) is 101 Å². The first-order chi connectivity index (χ1) is 66.7. The van der Waals surface area contributed by atoms with Crippen molar-refractivity contribution in [2.75, 3.05) is 142 Å². The van der Waals surface area contributed by atoms with E-state index in [1.165, 1.54) is 49.3 Å². The third kappa shape index (κ3) is 20.8. The standard InChI is InChI=1S/C36H35FN8O3.C34H36N10O3.C31H30F2N6O3/c1-48-23-36(35(47)41-28-8-9-30-29(19-28)33(43-42-30)27-7-10-31(37)40-20-27)13-18-44(22-36)21-32(46)45-16-11-25(12-17-45)24-3-5-26(6-4-24)34-38-14-2-15-39-34;1-3-26-17-24(7-13-35-26)31-28-18-27(5-6-29(28)40-41-31)39-32(46)34(47-2)10-16-42(22-34)21-30(45)43-14-8-23(9-15-43)25-19-38-44(20-25)33-36-11-4-12-37-33;1-42-31(30(41)35-24-6-7-26-25(16-24)29(37-36-26)22-5-8-27(33)34-17-22)11-14-38(19-31)18-28(40)39-12-9-20(10-13-39)21-3-2-4-23(32)15-21/h2-11,14-15,19-20H,12-13,16-18,21-23H2,1H3,(H,41,47)(H,42,43);4-8,11-13,17-20H,3,9-10,14-16,21-22H2,1-2H3,(H,39,46)(H,40,41);2-9,15-17H,10-14,18-19H2,1H3,(H,35,41)(H,36,37)/t36-;34-;31-/m100/s1. The van der Waals surface area contributed by atoms with Gasteiger partial charge in [-0.1, -0.05) is 61.5 Å². The maximum absolute atomic E-state index is 13.8. The number of methoxy groups -OCH3 is 3. The first-order valence-corrected chi connectivity index (χ1v) is 45.4. The fourth-order valence-corrected chi connectivity index (χ4v) is 18.5. The highest BCUT2D eigenvalue weighted by Gasteiger charge is 2.49. The van der Waals surface area contributed by atoms with Gasteiger partial charge in [-0.15, -0.1) is 0 Å². The number of hydrogen-bond donors (Lipinski definition) is 6. The third-order valence-electron chi connectivity index (χ3n) is 26.2. The van der Waals surface area contributed by atoms with Crippen molar-refractivity contribution < 1.29 is 56.1 Å². The van der Waals surface area contributed by atoms with Gasteiger partial charge in [-0.3, -0.25) is 63.7 Å². The van der Waals surface area contributed by atoms with E-state index in [0.29, 0.717) is 149 Å². The molecule has 14 aromatic rings. The number of rotatable bonds is 25. The molecule has 700 valence electrons. The van der Waals surface area contributed by atoms with Gasteiger partial charge in [-0.25, -0.2) is 39.0 Å². The molecule has 36 heteroatoms. The lowest BCUT2D eigenvalue weighted by molar-refractivity contribution is -0.138. The Kier molecular flexibility index (Phi) is 27.7. The van der Waals surface area contributed by atoms with Gasteiger partial charge in [-0.2, -0.15) is 29.2 Å². The molecule has 6 aliphatic heterocycles. The molecule has 6 aliphatic rings. The van der Waals surface area contributed by atoms with Crippen LogP contribution in [0.15, 0.2) is 226 Å². The number of nitrogens with zero attached hydrogens (tertiary/aromatic N) is 18. The SMILES string of the molecule is CCc1cc(-c2n[nH]c3ccc(NC(=O)[C@]4(OC)CCN(CC(=O)N5CC=C(c6cnn(-c7ncccn7)c6)CC5)C4)cc23)ccn1.COC[C@@]1(C(=O)Nc2ccc3[nH]nc(-c4ccc(F)nc4)c3c2)CCN(CC(=O)N2CC=C(c3ccc(-c4ncccn4)cc3)CC2)C1.CO[C@@]1(C(=O)Nc2ccc3[nH]nc(-c4ccc(F)nc4)c3c2)CCN(CC(=O)N2CC=C(c3cccc(F)c3)CC2)C1. The van der Waals surface area contributed by atoms with Crippen LogP contribution in [-0.2, 0) is 49.4 Å². The summed E-state index contributed by atoms with van der Waals surface area (Å²) < 4.78 is 59.1. The number of halogens is 3. The summed E-state index contributed by atoms with van der Waals surface area (Å²) >= 11 is 0. The molecule has 137 heavy (non-hydrogen) atoms. The van der Waals surface area contributed by atoms with Crippen molar-refractivity contribution in [1.82, 2.24) is 105 Å². The van der Waals surface area contributed by atoms with Crippen LogP contribution in [0.2, 0.25) is 0 Å². The number of aryl methyl sites for hydroxylation is 1. The topological polar surface area (TPSA) is 380 Å². The molecule has 15 heterocycles. The molecule has 0 bridgehead atoms. The van der Waals surface area contributed by atoms with Gasteiger partial charge < -0.3 is 44.9 Å². The maximum Gasteiger partial charge on any atom is 0.258 e. The number of amides is 6. The second-order valence-electron chi connectivity index (χ2n) is 34.8. The molecule has 6 amide bonds. The van der Waals surface area contributed by atoms with Crippen LogP contribution in [0.1, 0.15) is 67.8 Å². The van der Waals surface area contributed by atoms with E-state index in [1.54, 1.807) is 103 Å². The molecule has 33 nitrogen and oxygen atoms in total. The number of aromatic nitrogens is 15. The zero-order valence-electron chi connectivity index (χ0n) is 76.0. The molecule has 0 spiro atoms.